The fourth-order valence-electron chi connectivity index (χ4n) is 2.98. The van der Waals surface area contributed by atoms with Crippen molar-refractivity contribution >= 4 is 44.8 Å². The van der Waals surface area contributed by atoms with E-state index in [-0.39, 0.29) is 39.4 Å². The molecular formula is C18H12F3NO4S2. The van der Waals surface area contributed by atoms with E-state index in [2.05, 4.69) is 4.98 Å². The number of hydrogen-bond acceptors (Lipinski definition) is 7. The zero-order valence-electron chi connectivity index (χ0n) is 14.3. The molecule has 5 nitrogen and oxygen atoms in total. The molecule has 146 valence electrons. The largest absolute Gasteiger partial charge is 0.463 e. The van der Waals surface area contributed by atoms with Gasteiger partial charge in [-0.05, 0) is 30.0 Å². The molecule has 4 heterocycles. The van der Waals surface area contributed by atoms with Gasteiger partial charge in [0.2, 0.25) is 6.10 Å². The number of hydrogen-bond donors (Lipinski definition) is 0. The zero-order chi connectivity index (χ0) is 20.1. The van der Waals surface area contributed by atoms with E-state index in [0.717, 1.165) is 17.4 Å². The lowest BCUT2D eigenvalue weighted by Gasteiger charge is -2.11. The number of halogens is 3. The van der Waals surface area contributed by atoms with Crippen LogP contribution in [0.15, 0.2) is 23.6 Å². The van der Waals surface area contributed by atoms with Crippen molar-refractivity contribution in [2.45, 2.75) is 25.6 Å². The van der Waals surface area contributed by atoms with E-state index in [4.69, 9.17) is 9.47 Å². The standard InChI is InChI=1S/C18H12F3NO4S2/c1-8-13-9(18(19,20)21)7-10(12-3-2-6-27-12)22-15(13)28-14(8)17(24)26-11-4-5-25-16(11)23/h2-3,6-7,11H,4-5H2,1H3/t11-/m0/s1. The third-order valence-electron chi connectivity index (χ3n) is 4.30. The molecule has 0 unspecified atom stereocenters. The summed E-state index contributed by atoms with van der Waals surface area (Å²) >= 11 is 2.10. The first-order valence-corrected chi connectivity index (χ1v) is 9.88. The summed E-state index contributed by atoms with van der Waals surface area (Å²) in [4.78, 5) is 29.0. The number of ether oxygens (including phenoxy) is 2. The number of pyridine rings is 1. The Morgan fingerprint density at radius 2 is 2.18 bits per heavy atom. The van der Waals surface area contributed by atoms with Crippen LogP contribution in [0.4, 0.5) is 13.2 Å². The Bertz CT molecular complexity index is 1070. The van der Waals surface area contributed by atoms with Crippen LogP contribution in [0.1, 0.15) is 27.2 Å². The number of nitrogens with zero attached hydrogens (tertiary/aromatic N) is 1. The van der Waals surface area contributed by atoms with Crippen LogP contribution in [0.5, 0.6) is 0 Å². The number of esters is 2. The van der Waals surface area contributed by atoms with Gasteiger partial charge in [0.15, 0.2) is 0 Å². The lowest BCUT2D eigenvalue weighted by Crippen LogP contribution is -2.22. The Morgan fingerprint density at radius 3 is 2.79 bits per heavy atom. The molecule has 0 radical (unpaired) electrons. The number of carbonyl (C=O) groups is 2. The molecule has 0 saturated carbocycles. The molecule has 0 spiro atoms. The summed E-state index contributed by atoms with van der Waals surface area (Å²) in [7, 11) is 0. The monoisotopic (exact) mass is 427 g/mol. The summed E-state index contributed by atoms with van der Waals surface area (Å²) in [6, 6.07) is 4.40. The summed E-state index contributed by atoms with van der Waals surface area (Å²) < 4.78 is 51.0. The minimum atomic E-state index is -4.62. The molecular weight excluding hydrogens is 415 g/mol. The van der Waals surface area contributed by atoms with E-state index >= 15 is 0 Å². The summed E-state index contributed by atoms with van der Waals surface area (Å²) in [6.45, 7) is 1.57. The van der Waals surface area contributed by atoms with Crippen molar-refractivity contribution in [3.05, 3.63) is 39.6 Å². The summed E-state index contributed by atoms with van der Waals surface area (Å²) in [5, 5.41) is 1.62. The average Bonchev–Trinajstić information content (AvgIpc) is 3.35. The maximum absolute atomic E-state index is 13.7. The van der Waals surface area contributed by atoms with Gasteiger partial charge < -0.3 is 9.47 Å². The van der Waals surface area contributed by atoms with E-state index < -0.39 is 29.8 Å². The topological polar surface area (TPSA) is 65.5 Å². The Hall–Kier alpha value is -2.46. The number of rotatable bonds is 3. The number of thiophene rings is 2. The van der Waals surface area contributed by atoms with Gasteiger partial charge >= 0.3 is 18.1 Å². The summed E-state index contributed by atoms with van der Waals surface area (Å²) in [5.41, 5.74) is -0.529. The van der Waals surface area contributed by atoms with Gasteiger partial charge in [-0.2, -0.15) is 13.2 Å². The van der Waals surface area contributed by atoms with E-state index in [9.17, 15) is 22.8 Å². The highest BCUT2D eigenvalue weighted by atomic mass is 32.1. The number of fused-ring (bicyclic) bond motifs is 1. The van der Waals surface area contributed by atoms with Crippen molar-refractivity contribution in [1.29, 1.82) is 0 Å². The van der Waals surface area contributed by atoms with Gasteiger partial charge in [0.25, 0.3) is 0 Å². The van der Waals surface area contributed by atoms with Crippen molar-refractivity contribution in [2.75, 3.05) is 6.61 Å². The van der Waals surface area contributed by atoms with Crippen LogP contribution in [-0.4, -0.2) is 29.6 Å². The third kappa shape index (κ3) is 3.26. The van der Waals surface area contributed by atoms with Gasteiger partial charge in [0.05, 0.1) is 22.7 Å². The maximum atomic E-state index is 13.7. The molecule has 1 aliphatic rings. The molecule has 0 aromatic carbocycles. The minimum Gasteiger partial charge on any atom is -0.463 e. The maximum Gasteiger partial charge on any atom is 0.417 e. The zero-order valence-corrected chi connectivity index (χ0v) is 16.0. The second-order valence-electron chi connectivity index (χ2n) is 6.12. The van der Waals surface area contributed by atoms with Crippen LogP contribution < -0.4 is 0 Å². The smallest absolute Gasteiger partial charge is 0.417 e. The fraction of sp³-hybridized carbons (Fsp3) is 0.278. The van der Waals surface area contributed by atoms with E-state index in [1.807, 2.05) is 0 Å². The molecule has 1 fully saturated rings. The number of cyclic esters (lactones) is 1. The first-order valence-electron chi connectivity index (χ1n) is 8.18. The highest BCUT2D eigenvalue weighted by Gasteiger charge is 2.37. The number of carbonyl (C=O) groups excluding carboxylic acids is 2. The first kappa shape index (κ1) is 18.9. The Labute approximate surface area is 164 Å². The molecule has 28 heavy (non-hydrogen) atoms. The lowest BCUT2D eigenvalue weighted by atomic mass is 10.1. The molecule has 0 amide bonds. The molecule has 4 rings (SSSR count). The quantitative estimate of drug-likeness (QED) is 0.561. The van der Waals surface area contributed by atoms with E-state index in [1.165, 1.54) is 18.3 Å². The fourth-order valence-corrected chi connectivity index (χ4v) is 4.76. The van der Waals surface area contributed by atoms with Gasteiger partial charge in [-0.3, -0.25) is 0 Å². The molecule has 0 bridgehead atoms. The summed E-state index contributed by atoms with van der Waals surface area (Å²) in [5.74, 6) is -1.50. The highest BCUT2D eigenvalue weighted by Crippen LogP contribution is 2.42. The normalized spacial score (nSPS) is 17.1. The SMILES string of the molecule is Cc1c(C(=O)O[C@H]2CCOC2=O)sc2nc(-c3cccs3)cc(C(F)(F)F)c12. The first-order chi connectivity index (χ1) is 13.3. The van der Waals surface area contributed by atoms with Crippen LogP contribution in [0, 0.1) is 6.92 Å². The summed E-state index contributed by atoms with van der Waals surface area (Å²) in [6.07, 6.45) is -5.42. The lowest BCUT2D eigenvalue weighted by molar-refractivity contribution is -0.145. The van der Waals surface area contributed by atoms with Crippen molar-refractivity contribution in [2.24, 2.45) is 0 Å². The van der Waals surface area contributed by atoms with Gasteiger partial charge in [-0.25, -0.2) is 14.6 Å². The average molecular weight is 427 g/mol. The van der Waals surface area contributed by atoms with E-state index in [1.54, 1.807) is 17.5 Å². The van der Waals surface area contributed by atoms with Crippen LogP contribution in [0.25, 0.3) is 20.8 Å². The second kappa shape index (κ2) is 6.85. The van der Waals surface area contributed by atoms with Crippen molar-refractivity contribution < 1.29 is 32.2 Å². The molecule has 1 atom stereocenters. The van der Waals surface area contributed by atoms with Gasteiger partial charge in [-0.1, -0.05) is 6.07 Å². The molecule has 1 saturated heterocycles. The molecule has 10 heteroatoms. The van der Waals surface area contributed by atoms with Crippen molar-refractivity contribution in [3.63, 3.8) is 0 Å². The number of alkyl halides is 3. The Kier molecular flexibility index (Phi) is 4.62. The van der Waals surface area contributed by atoms with Crippen LogP contribution in [0.3, 0.4) is 0 Å². The molecule has 3 aromatic heterocycles. The van der Waals surface area contributed by atoms with Crippen molar-refractivity contribution in [1.82, 2.24) is 4.98 Å². The highest BCUT2D eigenvalue weighted by molar-refractivity contribution is 7.20. The van der Waals surface area contributed by atoms with Crippen molar-refractivity contribution in [3.8, 4) is 10.6 Å². The van der Waals surface area contributed by atoms with E-state index in [0.29, 0.717) is 4.88 Å². The Morgan fingerprint density at radius 1 is 1.39 bits per heavy atom. The van der Waals surface area contributed by atoms with Crippen LogP contribution in [0.2, 0.25) is 0 Å². The van der Waals surface area contributed by atoms with Crippen LogP contribution in [-0.2, 0) is 20.4 Å². The predicted molar refractivity (Wildman–Crippen MR) is 97.5 cm³/mol. The molecule has 1 aliphatic heterocycles. The van der Waals surface area contributed by atoms with Crippen LogP contribution >= 0.6 is 22.7 Å². The second-order valence-corrected chi connectivity index (χ2v) is 8.06. The number of aryl methyl sites for hydroxylation is 1. The van der Waals surface area contributed by atoms with Gasteiger partial charge in [-0.15, -0.1) is 22.7 Å². The third-order valence-corrected chi connectivity index (χ3v) is 6.36. The molecule has 0 N–H and O–H groups in total. The molecule has 3 aromatic rings. The number of aromatic nitrogens is 1. The Balaban J connectivity index is 1.82. The van der Waals surface area contributed by atoms with Gasteiger partial charge in [0, 0.05) is 11.8 Å². The minimum absolute atomic E-state index is 0.00368. The van der Waals surface area contributed by atoms with Gasteiger partial charge in [0.1, 0.15) is 9.71 Å². The predicted octanol–water partition coefficient (Wildman–Crippen LogP) is 4.82. The molecule has 0 aliphatic carbocycles.